The molecule has 0 radical (unpaired) electrons. The molecule has 1 saturated carbocycles. The van der Waals surface area contributed by atoms with E-state index in [-0.39, 0.29) is 71.5 Å². The molecule has 0 unspecified atom stereocenters. The number of carbonyl (C=O) groups is 3. The molecule has 2 aromatic heterocycles. The molecule has 1 aliphatic heterocycles. The van der Waals surface area contributed by atoms with Crippen LogP contribution in [0, 0.1) is 13.8 Å². The Kier molecular flexibility index (Phi) is 10.1. The Morgan fingerprint density at radius 2 is 1.83 bits per heavy atom. The van der Waals surface area contributed by atoms with Crippen molar-refractivity contribution in [3.8, 4) is 5.75 Å². The summed E-state index contributed by atoms with van der Waals surface area (Å²) in [5, 5.41) is 0.255. The average molecular weight is 694 g/mol. The van der Waals surface area contributed by atoms with Crippen molar-refractivity contribution >= 4 is 33.5 Å². The van der Waals surface area contributed by atoms with Crippen LogP contribution in [0.25, 0.3) is 0 Å². The van der Waals surface area contributed by atoms with Gasteiger partial charge in [-0.1, -0.05) is 0 Å². The van der Waals surface area contributed by atoms with Crippen molar-refractivity contribution < 1.29 is 50.0 Å². The number of benzene rings is 1. The quantitative estimate of drug-likeness (QED) is 0.313. The first-order valence-electron chi connectivity index (χ1n) is 15.0. The van der Waals surface area contributed by atoms with Crippen molar-refractivity contribution in [3.63, 3.8) is 0 Å². The number of nitrogens with zero attached hydrogens (tertiary/aromatic N) is 4. The SMILES string of the molecule is COc1cc(C)c(S(=O)(=O)NCc2cc(C(=O)N3CCN(CC(=O)N(OC(=O)C(F)(F)F)c4cccnc4)CC3)co2)c(C)c1C1CC1. The number of anilines is 1. The van der Waals surface area contributed by atoms with E-state index in [4.69, 9.17) is 9.15 Å². The van der Waals surface area contributed by atoms with E-state index in [1.807, 2.05) is 0 Å². The molecule has 258 valence electrons. The van der Waals surface area contributed by atoms with Crippen LogP contribution in [0.1, 0.15) is 51.6 Å². The highest BCUT2D eigenvalue weighted by Crippen LogP contribution is 2.48. The minimum Gasteiger partial charge on any atom is -0.496 e. The lowest BCUT2D eigenvalue weighted by Gasteiger charge is -2.34. The number of furan rings is 1. The zero-order valence-electron chi connectivity index (χ0n) is 26.4. The van der Waals surface area contributed by atoms with Gasteiger partial charge < -0.3 is 18.9 Å². The summed E-state index contributed by atoms with van der Waals surface area (Å²) in [6.45, 7) is 3.63. The smallest absolute Gasteiger partial charge is 0.493 e. The van der Waals surface area contributed by atoms with E-state index < -0.39 is 34.6 Å². The minimum absolute atomic E-state index is 0.163. The van der Waals surface area contributed by atoms with Gasteiger partial charge in [-0.15, -0.1) is 5.06 Å². The van der Waals surface area contributed by atoms with Gasteiger partial charge in [0.05, 0.1) is 36.9 Å². The summed E-state index contributed by atoms with van der Waals surface area (Å²) < 4.78 is 78.9. The van der Waals surface area contributed by atoms with E-state index in [0.717, 1.165) is 24.6 Å². The third kappa shape index (κ3) is 7.79. The third-order valence-electron chi connectivity index (χ3n) is 8.06. The molecule has 3 heterocycles. The number of carbonyl (C=O) groups excluding carboxylic acids is 3. The van der Waals surface area contributed by atoms with Crippen LogP contribution in [0.4, 0.5) is 18.9 Å². The molecule has 2 aliphatic rings. The van der Waals surface area contributed by atoms with E-state index in [0.29, 0.717) is 16.9 Å². The fourth-order valence-electron chi connectivity index (χ4n) is 5.63. The van der Waals surface area contributed by atoms with Gasteiger partial charge >= 0.3 is 12.1 Å². The maximum absolute atomic E-state index is 13.4. The minimum atomic E-state index is -5.32. The van der Waals surface area contributed by atoms with Crippen LogP contribution in [-0.4, -0.2) is 87.0 Å². The summed E-state index contributed by atoms with van der Waals surface area (Å²) >= 11 is 0. The second-order valence-corrected chi connectivity index (χ2v) is 13.2. The number of aromatic nitrogens is 1. The first kappa shape index (κ1) is 34.8. The maximum Gasteiger partial charge on any atom is 0.493 e. The fraction of sp³-hybridized carbons (Fsp3) is 0.419. The van der Waals surface area contributed by atoms with Gasteiger partial charge in [0.15, 0.2) is 0 Å². The summed E-state index contributed by atoms with van der Waals surface area (Å²) in [5.74, 6) is -2.72. The standard InChI is InChI=1S/C31H34F3N5O8S/c1-19-13-25(45-3)27(21-6-7-21)20(2)28(19)48(43,44)36-16-24-14-22(18-46-24)29(41)38-11-9-37(10-12-38)17-26(40)39(23-5-4-8-35-15-23)47-30(42)31(32,33)34/h4-5,8,13-15,18,21,36H,6-7,9-12,16-17H2,1-3H3. The molecule has 1 saturated heterocycles. The first-order valence-corrected chi connectivity index (χ1v) is 16.5. The highest BCUT2D eigenvalue weighted by Gasteiger charge is 2.44. The summed E-state index contributed by atoms with van der Waals surface area (Å²) in [7, 11) is -2.38. The average Bonchev–Trinajstić information content (AvgIpc) is 3.77. The number of amides is 2. The summed E-state index contributed by atoms with van der Waals surface area (Å²) in [5.41, 5.74) is 2.12. The molecule has 48 heavy (non-hydrogen) atoms. The number of pyridine rings is 1. The zero-order valence-corrected chi connectivity index (χ0v) is 27.2. The van der Waals surface area contributed by atoms with Gasteiger partial charge in [-0.3, -0.25) is 19.5 Å². The van der Waals surface area contributed by atoms with Crippen LogP contribution in [0.5, 0.6) is 5.75 Å². The summed E-state index contributed by atoms with van der Waals surface area (Å²) in [4.78, 5) is 49.0. The van der Waals surface area contributed by atoms with Crippen LogP contribution in [0.2, 0.25) is 0 Å². The molecule has 17 heteroatoms. The number of ether oxygens (including phenoxy) is 1. The number of alkyl halides is 3. The molecule has 0 atom stereocenters. The van der Waals surface area contributed by atoms with E-state index in [1.54, 1.807) is 31.9 Å². The number of hydrogen-bond acceptors (Lipinski definition) is 10. The number of methoxy groups -OCH3 is 1. The Hall–Kier alpha value is -4.48. The van der Waals surface area contributed by atoms with Gasteiger partial charge in [-0.25, -0.2) is 17.9 Å². The third-order valence-corrected chi connectivity index (χ3v) is 9.75. The first-order chi connectivity index (χ1) is 22.7. The van der Waals surface area contributed by atoms with Gasteiger partial charge in [0.2, 0.25) is 10.0 Å². The number of halogens is 3. The van der Waals surface area contributed by atoms with Gasteiger partial charge in [0, 0.05) is 37.9 Å². The van der Waals surface area contributed by atoms with Gasteiger partial charge in [0.25, 0.3) is 11.8 Å². The second kappa shape index (κ2) is 13.9. The van der Waals surface area contributed by atoms with Crippen molar-refractivity contribution in [2.75, 3.05) is 44.9 Å². The molecule has 0 bridgehead atoms. The molecule has 1 aliphatic carbocycles. The molecule has 1 N–H and O–H groups in total. The van der Waals surface area contributed by atoms with Gasteiger partial charge in [-0.05, 0) is 68.0 Å². The van der Waals surface area contributed by atoms with Crippen LogP contribution in [-0.2, 0) is 31.0 Å². The Morgan fingerprint density at radius 1 is 1.12 bits per heavy atom. The number of nitrogens with one attached hydrogen (secondary N) is 1. The molecule has 5 rings (SSSR count). The second-order valence-electron chi connectivity index (χ2n) is 11.5. The lowest BCUT2D eigenvalue weighted by Crippen LogP contribution is -2.52. The van der Waals surface area contributed by atoms with Crippen LogP contribution in [0.3, 0.4) is 0 Å². The highest BCUT2D eigenvalue weighted by molar-refractivity contribution is 7.89. The number of piperazine rings is 1. The molecular weight excluding hydrogens is 659 g/mol. The van der Waals surface area contributed by atoms with E-state index in [2.05, 4.69) is 14.5 Å². The van der Waals surface area contributed by atoms with Gasteiger partial charge in [0.1, 0.15) is 23.5 Å². The van der Waals surface area contributed by atoms with Crippen LogP contribution >= 0.6 is 0 Å². The highest BCUT2D eigenvalue weighted by atomic mass is 32.2. The topological polar surface area (TPSA) is 152 Å². The molecule has 2 fully saturated rings. The molecular formula is C31H34F3N5O8S. The van der Waals surface area contributed by atoms with Crippen LogP contribution < -0.4 is 14.5 Å². The van der Waals surface area contributed by atoms with Crippen molar-refractivity contribution in [1.82, 2.24) is 19.5 Å². The molecule has 1 aromatic carbocycles. The zero-order chi connectivity index (χ0) is 34.8. The molecule has 13 nitrogen and oxygen atoms in total. The van der Waals surface area contributed by atoms with E-state index >= 15 is 0 Å². The van der Waals surface area contributed by atoms with Crippen molar-refractivity contribution in [2.45, 2.75) is 50.2 Å². The maximum atomic E-state index is 13.4. The van der Waals surface area contributed by atoms with E-state index in [9.17, 15) is 36.0 Å². The summed E-state index contributed by atoms with van der Waals surface area (Å²) in [6.07, 6.45) is 0.265. The Labute approximate surface area is 274 Å². The normalized spacial score (nSPS) is 15.7. The lowest BCUT2D eigenvalue weighted by molar-refractivity contribution is -0.201. The van der Waals surface area contributed by atoms with Crippen molar-refractivity contribution in [2.24, 2.45) is 0 Å². The predicted octanol–water partition coefficient (Wildman–Crippen LogP) is 3.47. The monoisotopic (exact) mass is 693 g/mol. The lowest BCUT2D eigenvalue weighted by atomic mass is 10.0. The molecule has 3 aromatic rings. The Bertz CT molecular complexity index is 1790. The van der Waals surface area contributed by atoms with Crippen LogP contribution in [0.15, 0.2) is 52.2 Å². The number of aryl methyl sites for hydroxylation is 1. The molecule has 0 spiro atoms. The number of hydrogen-bond donors (Lipinski definition) is 1. The number of sulfonamides is 1. The molecule has 2 amide bonds. The van der Waals surface area contributed by atoms with Crippen molar-refractivity contribution in [3.05, 3.63) is 70.9 Å². The fourth-order valence-corrected chi connectivity index (χ4v) is 7.10. The Morgan fingerprint density at radius 3 is 2.44 bits per heavy atom. The number of rotatable bonds is 10. The summed E-state index contributed by atoms with van der Waals surface area (Å²) in [6, 6.07) is 5.81. The van der Waals surface area contributed by atoms with E-state index in [1.165, 1.54) is 35.6 Å². The number of hydroxylamine groups is 1. The Balaban J connectivity index is 1.17. The predicted molar refractivity (Wildman–Crippen MR) is 163 cm³/mol. The van der Waals surface area contributed by atoms with Gasteiger partial charge in [-0.2, -0.15) is 13.2 Å². The largest absolute Gasteiger partial charge is 0.496 e. The van der Waals surface area contributed by atoms with Crippen molar-refractivity contribution in [1.29, 1.82) is 0 Å².